The molecule has 28 heavy (non-hydrogen) atoms. The minimum absolute atomic E-state index is 0.333. The molecule has 0 saturated carbocycles. The van der Waals surface area contributed by atoms with E-state index in [1.165, 1.54) is 6.92 Å². The second-order valence-electron chi connectivity index (χ2n) is 5.96. The van der Waals surface area contributed by atoms with E-state index in [2.05, 4.69) is 0 Å². The second-order valence-corrected chi connectivity index (χ2v) is 5.96. The smallest absolute Gasteiger partial charge is 0.343 e. The third-order valence-electron chi connectivity index (χ3n) is 3.94. The Kier molecular flexibility index (Phi) is 5.79. The number of cyclic esters (lactones) is 1. The molecule has 0 N–H and O–H groups in total. The van der Waals surface area contributed by atoms with E-state index in [0.717, 1.165) is 16.9 Å². The van der Waals surface area contributed by atoms with Crippen molar-refractivity contribution < 1.29 is 28.5 Å². The van der Waals surface area contributed by atoms with Crippen molar-refractivity contribution in [3.63, 3.8) is 0 Å². The standard InChI is InChI=1S/C22H20O6/c1-4-26-21-12-15(5-10-19(21)27-14(2)23)11-17-13-20(28-22(17)24)16-6-8-18(25-3)9-7-16/h5-13H,4H2,1-3H3/b17-11-. The fraction of sp³-hybridized carbons (Fsp3) is 0.182. The zero-order valence-electron chi connectivity index (χ0n) is 15.9. The predicted molar refractivity (Wildman–Crippen MR) is 104 cm³/mol. The van der Waals surface area contributed by atoms with Crippen LogP contribution in [0.2, 0.25) is 0 Å². The van der Waals surface area contributed by atoms with Crippen LogP contribution in [0.4, 0.5) is 0 Å². The summed E-state index contributed by atoms with van der Waals surface area (Å²) in [5.74, 6) is 1.09. The van der Waals surface area contributed by atoms with Gasteiger partial charge in [-0.25, -0.2) is 4.79 Å². The molecule has 1 heterocycles. The number of carbonyl (C=O) groups is 2. The van der Waals surface area contributed by atoms with Crippen LogP contribution in [-0.4, -0.2) is 25.7 Å². The van der Waals surface area contributed by atoms with Crippen LogP contribution in [0.15, 0.2) is 54.1 Å². The average Bonchev–Trinajstić information content (AvgIpc) is 3.04. The van der Waals surface area contributed by atoms with Crippen LogP contribution in [0.5, 0.6) is 17.2 Å². The van der Waals surface area contributed by atoms with E-state index in [9.17, 15) is 9.59 Å². The number of esters is 2. The van der Waals surface area contributed by atoms with Gasteiger partial charge < -0.3 is 18.9 Å². The van der Waals surface area contributed by atoms with E-state index < -0.39 is 11.9 Å². The van der Waals surface area contributed by atoms with Gasteiger partial charge in [0, 0.05) is 12.5 Å². The number of hydrogen-bond acceptors (Lipinski definition) is 6. The summed E-state index contributed by atoms with van der Waals surface area (Å²) in [5.41, 5.74) is 1.91. The predicted octanol–water partition coefficient (Wildman–Crippen LogP) is 4.00. The Bertz CT molecular complexity index is 953. The summed E-state index contributed by atoms with van der Waals surface area (Å²) < 4.78 is 21.2. The number of hydrogen-bond donors (Lipinski definition) is 0. The van der Waals surface area contributed by atoms with E-state index in [-0.39, 0.29) is 0 Å². The Hall–Kier alpha value is -3.54. The molecule has 0 amide bonds. The maximum absolute atomic E-state index is 12.2. The van der Waals surface area contributed by atoms with Gasteiger partial charge in [-0.1, -0.05) is 6.07 Å². The van der Waals surface area contributed by atoms with Gasteiger partial charge in [-0.3, -0.25) is 4.79 Å². The van der Waals surface area contributed by atoms with Crippen LogP contribution in [0.25, 0.3) is 11.8 Å². The van der Waals surface area contributed by atoms with E-state index in [1.54, 1.807) is 49.6 Å². The molecular formula is C22H20O6. The van der Waals surface area contributed by atoms with Crippen LogP contribution >= 0.6 is 0 Å². The van der Waals surface area contributed by atoms with Crippen LogP contribution in [0, 0.1) is 0 Å². The van der Waals surface area contributed by atoms with Gasteiger partial charge in [0.1, 0.15) is 11.5 Å². The molecule has 0 atom stereocenters. The van der Waals surface area contributed by atoms with E-state index in [0.29, 0.717) is 29.4 Å². The first kappa shape index (κ1) is 19.2. The van der Waals surface area contributed by atoms with Crippen molar-refractivity contribution >= 4 is 23.8 Å². The first-order valence-corrected chi connectivity index (χ1v) is 8.75. The van der Waals surface area contributed by atoms with Gasteiger partial charge in [0.15, 0.2) is 11.5 Å². The van der Waals surface area contributed by atoms with E-state index >= 15 is 0 Å². The lowest BCUT2D eigenvalue weighted by atomic mass is 10.1. The minimum atomic E-state index is -0.437. The Balaban J connectivity index is 1.89. The zero-order chi connectivity index (χ0) is 20.1. The van der Waals surface area contributed by atoms with Gasteiger partial charge in [0.2, 0.25) is 0 Å². The monoisotopic (exact) mass is 380 g/mol. The Morgan fingerprint density at radius 1 is 1.11 bits per heavy atom. The molecule has 0 spiro atoms. The summed E-state index contributed by atoms with van der Waals surface area (Å²) in [6.07, 6.45) is 3.38. The Labute approximate surface area is 163 Å². The van der Waals surface area contributed by atoms with Gasteiger partial charge in [0.05, 0.1) is 19.3 Å². The highest BCUT2D eigenvalue weighted by Crippen LogP contribution is 2.32. The highest BCUT2D eigenvalue weighted by Gasteiger charge is 2.22. The molecule has 0 unspecified atom stereocenters. The van der Waals surface area contributed by atoms with Crippen molar-refractivity contribution in [1.29, 1.82) is 0 Å². The summed E-state index contributed by atoms with van der Waals surface area (Å²) in [5, 5.41) is 0. The lowest BCUT2D eigenvalue weighted by Crippen LogP contribution is -2.04. The fourth-order valence-corrected chi connectivity index (χ4v) is 2.69. The van der Waals surface area contributed by atoms with E-state index in [1.807, 2.05) is 19.1 Å². The zero-order valence-corrected chi connectivity index (χ0v) is 15.9. The SMILES string of the molecule is CCOc1cc(/C=C2/C=C(c3ccc(OC)cc3)OC2=O)ccc1OC(C)=O. The first-order chi connectivity index (χ1) is 13.5. The quantitative estimate of drug-likeness (QED) is 0.429. The molecular weight excluding hydrogens is 360 g/mol. The molecule has 6 heteroatoms. The van der Waals surface area contributed by atoms with Crippen molar-refractivity contribution in [2.24, 2.45) is 0 Å². The Morgan fingerprint density at radius 2 is 1.86 bits per heavy atom. The van der Waals surface area contributed by atoms with Gasteiger partial charge in [-0.2, -0.15) is 0 Å². The van der Waals surface area contributed by atoms with Crippen LogP contribution < -0.4 is 14.2 Å². The maximum atomic E-state index is 12.2. The second kappa shape index (κ2) is 8.43. The molecule has 0 aromatic heterocycles. The van der Waals surface area contributed by atoms with Crippen molar-refractivity contribution in [3.05, 3.63) is 65.2 Å². The lowest BCUT2D eigenvalue weighted by molar-refractivity contribution is -0.132. The molecule has 2 aromatic rings. The molecule has 0 bridgehead atoms. The molecule has 0 aliphatic carbocycles. The summed E-state index contributed by atoms with van der Waals surface area (Å²) >= 11 is 0. The average molecular weight is 380 g/mol. The molecule has 1 aliphatic heterocycles. The Morgan fingerprint density at radius 3 is 2.50 bits per heavy atom. The number of methoxy groups -OCH3 is 1. The molecule has 2 aromatic carbocycles. The van der Waals surface area contributed by atoms with Crippen LogP contribution in [0.1, 0.15) is 25.0 Å². The first-order valence-electron chi connectivity index (χ1n) is 8.75. The summed E-state index contributed by atoms with van der Waals surface area (Å²) in [7, 11) is 1.59. The third kappa shape index (κ3) is 4.40. The molecule has 0 radical (unpaired) electrons. The number of carbonyl (C=O) groups excluding carboxylic acids is 2. The largest absolute Gasteiger partial charge is 0.497 e. The number of rotatable bonds is 6. The summed E-state index contributed by atoms with van der Waals surface area (Å²) in [4.78, 5) is 23.5. The maximum Gasteiger partial charge on any atom is 0.343 e. The lowest BCUT2D eigenvalue weighted by Gasteiger charge is -2.10. The normalized spacial score (nSPS) is 14.5. The number of benzene rings is 2. The molecule has 6 nitrogen and oxygen atoms in total. The van der Waals surface area contributed by atoms with Crippen LogP contribution in [-0.2, 0) is 14.3 Å². The molecule has 1 aliphatic rings. The number of ether oxygens (including phenoxy) is 4. The molecule has 144 valence electrons. The minimum Gasteiger partial charge on any atom is -0.497 e. The highest BCUT2D eigenvalue weighted by molar-refractivity contribution is 6.05. The summed E-state index contributed by atoms with van der Waals surface area (Å²) in [6, 6.07) is 12.3. The van der Waals surface area contributed by atoms with Gasteiger partial charge in [-0.05, 0) is 61.0 Å². The molecule has 0 saturated heterocycles. The van der Waals surface area contributed by atoms with Crippen molar-refractivity contribution in [2.45, 2.75) is 13.8 Å². The van der Waals surface area contributed by atoms with Crippen molar-refractivity contribution in [2.75, 3.05) is 13.7 Å². The molecule has 3 rings (SSSR count). The van der Waals surface area contributed by atoms with Gasteiger partial charge in [0.25, 0.3) is 0 Å². The van der Waals surface area contributed by atoms with Crippen molar-refractivity contribution in [1.82, 2.24) is 0 Å². The fourth-order valence-electron chi connectivity index (χ4n) is 2.69. The van der Waals surface area contributed by atoms with Crippen LogP contribution in [0.3, 0.4) is 0 Å². The van der Waals surface area contributed by atoms with Gasteiger partial charge >= 0.3 is 11.9 Å². The van der Waals surface area contributed by atoms with Crippen molar-refractivity contribution in [3.8, 4) is 17.2 Å². The molecule has 0 fully saturated rings. The highest BCUT2D eigenvalue weighted by atomic mass is 16.6. The van der Waals surface area contributed by atoms with Gasteiger partial charge in [-0.15, -0.1) is 0 Å². The topological polar surface area (TPSA) is 71.1 Å². The summed E-state index contributed by atoms with van der Waals surface area (Å²) in [6.45, 7) is 3.57. The third-order valence-corrected chi connectivity index (χ3v) is 3.94. The van der Waals surface area contributed by atoms with E-state index in [4.69, 9.17) is 18.9 Å².